The summed E-state index contributed by atoms with van der Waals surface area (Å²) in [6, 6.07) is 27.7. The number of benzene rings is 4. The largest absolute Gasteiger partial charge is 0.370 e. The van der Waals surface area contributed by atoms with Crippen molar-refractivity contribution in [3.8, 4) is 0 Å². The predicted molar refractivity (Wildman–Crippen MR) is 184 cm³/mol. The van der Waals surface area contributed by atoms with Gasteiger partial charge in [0, 0.05) is 31.7 Å². The molecule has 0 saturated carbocycles. The number of piperazine rings is 1. The minimum atomic E-state index is -0.703. The van der Waals surface area contributed by atoms with Crippen LogP contribution in [-0.4, -0.2) is 65.3 Å². The molecule has 0 spiro atoms. The van der Waals surface area contributed by atoms with E-state index in [1.807, 2.05) is 52.3 Å². The number of hydrogen-bond donors (Lipinski definition) is 3. The number of rotatable bonds is 12. The van der Waals surface area contributed by atoms with Gasteiger partial charge in [0.05, 0.1) is 12.5 Å². The van der Waals surface area contributed by atoms with Crippen molar-refractivity contribution in [2.24, 2.45) is 22.2 Å². The fourth-order valence-electron chi connectivity index (χ4n) is 6.41. The number of carbonyl (C=O) groups is 2. The van der Waals surface area contributed by atoms with E-state index in [2.05, 4.69) is 60.1 Å². The molecule has 1 aliphatic rings. The van der Waals surface area contributed by atoms with Gasteiger partial charge in [-0.05, 0) is 64.8 Å². The van der Waals surface area contributed by atoms with Crippen LogP contribution in [-0.2, 0) is 22.4 Å². The van der Waals surface area contributed by atoms with Gasteiger partial charge < -0.3 is 27.0 Å². The lowest BCUT2D eigenvalue weighted by Gasteiger charge is -2.47. The first-order chi connectivity index (χ1) is 21.8. The summed E-state index contributed by atoms with van der Waals surface area (Å²) in [5.41, 5.74) is 19.7. The number of guanidine groups is 1. The lowest BCUT2D eigenvalue weighted by atomic mass is 9.95. The second kappa shape index (κ2) is 14.9. The molecule has 3 atom stereocenters. The van der Waals surface area contributed by atoms with Crippen molar-refractivity contribution in [1.29, 1.82) is 0 Å². The number of nitrogens with two attached hydrogens (primary N) is 3. The van der Waals surface area contributed by atoms with Crippen LogP contribution >= 0.6 is 0 Å². The third-order valence-corrected chi connectivity index (χ3v) is 8.75. The summed E-state index contributed by atoms with van der Waals surface area (Å²) in [4.78, 5) is 36.0. The van der Waals surface area contributed by atoms with Crippen LogP contribution in [0.1, 0.15) is 36.8 Å². The van der Waals surface area contributed by atoms with Crippen molar-refractivity contribution in [3.05, 3.63) is 109 Å². The Morgan fingerprint density at radius 3 is 2.04 bits per heavy atom. The zero-order valence-electron chi connectivity index (χ0n) is 25.9. The van der Waals surface area contributed by atoms with Crippen molar-refractivity contribution in [2.75, 3.05) is 19.6 Å². The van der Waals surface area contributed by atoms with E-state index in [9.17, 15) is 9.59 Å². The summed E-state index contributed by atoms with van der Waals surface area (Å²) in [6.45, 7) is 5.22. The second-order valence-corrected chi connectivity index (χ2v) is 12.0. The summed E-state index contributed by atoms with van der Waals surface area (Å²) < 4.78 is 0. The number of hydrogen-bond acceptors (Lipinski definition) is 4. The van der Waals surface area contributed by atoms with Crippen molar-refractivity contribution >= 4 is 39.3 Å². The highest BCUT2D eigenvalue weighted by molar-refractivity contribution is 5.87. The van der Waals surface area contributed by atoms with E-state index < -0.39 is 6.04 Å². The van der Waals surface area contributed by atoms with Gasteiger partial charge in [-0.25, -0.2) is 0 Å². The van der Waals surface area contributed by atoms with Crippen LogP contribution in [0.25, 0.3) is 21.5 Å². The van der Waals surface area contributed by atoms with Crippen molar-refractivity contribution < 1.29 is 9.59 Å². The molecule has 1 heterocycles. The van der Waals surface area contributed by atoms with E-state index in [4.69, 9.17) is 17.2 Å². The molecule has 0 bridgehead atoms. The van der Waals surface area contributed by atoms with Gasteiger partial charge in [-0.1, -0.05) is 91.0 Å². The van der Waals surface area contributed by atoms with Gasteiger partial charge in [-0.2, -0.15) is 0 Å². The predicted octanol–water partition coefficient (Wildman–Crippen LogP) is 4.53. The first-order valence-electron chi connectivity index (χ1n) is 15.8. The minimum Gasteiger partial charge on any atom is -0.370 e. The zero-order valence-corrected chi connectivity index (χ0v) is 25.9. The van der Waals surface area contributed by atoms with E-state index in [0.29, 0.717) is 45.3 Å². The maximum absolute atomic E-state index is 14.0. The van der Waals surface area contributed by atoms with E-state index in [0.717, 1.165) is 45.5 Å². The molecule has 0 aliphatic carbocycles. The van der Waals surface area contributed by atoms with Gasteiger partial charge in [0.2, 0.25) is 11.8 Å². The number of fused-ring (bicyclic) bond motifs is 2. The van der Waals surface area contributed by atoms with E-state index in [-0.39, 0.29) is 29.9 Å². The van der Waals surface area contributed by atoms with Gasteiger partial charge in [-0.15, -0.1) is 6.58 Å². The first-order valence-corrected chi connectivity index (χ1v) is 15.8. The highest BCUT2D eigenvalue weighted by Gasteiger charge is 2.39. The molecule has 1 fully saturated rings. The molecule has 0 unspecified atom stereocenters. The van der Waals surface area contributed by atoms with Gasteiger partial charge in [0.25, 0.3) is 0 Å². The lowest BCUT2D eigenvalue weighted by Crippen LogP contribution is -2.63. The Bertz CT molecular complexity index is 1680. The number of allylic oxidation sites excluding steroid dienone is 1. The molecule has 1 aliphatic heterocycles. The van der Waals surface area contributed by atoms with Crippen LogP contribution < -0.4 is 17.2 Å². The average Bonchev–Trinajstić information content (AvgIpc) is 3.05. The molecule has 6 N–H and O–H groups in total. The topological polar surface area (TPSA) is 131 Å². The number of aliphatic imine (C=N–C) groups is 1. The summed E-state index contributed by atoms with van der Waals surface area (Å²) in [6.07, 6.45) is 5.39. The maximum Gasteiger partial charge on any atom is 0.240 e. The normalized spacial score (nSPS) is 17.3. The van der Waals surface area contributed by atoms with Crippen LogP contribution in [0.4, 0.5) is 0 Å². The Morgan fingerprint density at radius 1 is 0.822 bits per heavy atom. The number of carbonyl (C=O) groups excluding carboxylic acids is 2. The SMILES string of the molecule is C=CCC[C@@H]1CN(C(=O)[C@H](N)Cc2ccc3ccccc3c2)[C@H](CCCN=C(N)N)CN1C(=O)Cc1ccc2ccccc2c1. The second-order valence-electron chi connectivity index (χ2n) is 12.0. The van der Waals surface area contributed by atoms with E-state index in [1.165, 1.54) is 0 Å². The Kier molecular flexibility index (Phi) is 10.5. The highest BCUT2D eigenvalue weighted by atomic mass is 16.2. The smallest absolute Gasteiger partial charge is 0.240 e. The molecule has 0 radical (unpaired) electrons. The fraction of sp³-hybridized carbons (Fsp3) is 0.324. The van der Waals surface area contributed by atoms with Crippen LogP contribution in [0.15, 0.2) is 103 Å². The highest BCUT2D eigenvalue weighted by Crippen LogP contribution is 2.26. The quantitative estimate of drug-likeness (QED) is 0.0947. The average molecular weight is 605 g/mol. The number of nitrogens with zero attached hydrogens (tertiary/aromatic N) is 3. The molecule has 1 saturated heterocycles. The molecule has 2 amide bonds. The Morgan fingerprint density at radius 2 is 1.40 bits per heavy atom. The molecule has 5 rings (SSSR count). The van der Waals surface area contributed by atoms with Crippen LogP contribution in [0.5, 0.6) is 0 Å². The summed E-state index contributed by atoms with van der Waals surface area (Å²) >= 11 is 0. The summed E-state index contributed by atoms with van der Waals surface area (Å²) in [5.74, 6) is 0.00187. The van der Waals surface area contributed by atoms with Gasteiger partial charge in [0.15, 0.2) is 5.96 Å². The summed E-state index contributed by atoms with van der Waals surface area (Å²) in [7, 11) is 0. The van der Waals surface area contributed by atoms with Crippen molar-refractivity contribution in [3.63, 3.8) is 0 Å². The standard InChI is InChI=1S/C37H44N6O2/c1-2-3-13-32-25-43(36(45)34(38)22-26-15-17-28-9-4-6-11-30(28)20-26)33(14-8-19-41-37(39)40)24-42(32)35(44)23-27-16-18-29-10-5-7-12-31(29)21-27/h2,4-7,9-12,15-18,20-21,32-34H,1,3,8,13-14,19,22-25,38H2,(H4,39,40,41)/t32-,33-,34-/m1/s1. The first kappa shape index (κ1) is 31.7. The monoisotopic (exact) mass is 604 g/mol. The Hall–Kier alpha value is -4.69. The fourth-order valence-corrected chi connectivity index (χ4v) is 6.41. The Balaban J connectivity index is 1.35. The molecule has 234 valence electrons. The van der Waals surface area contributed by atoms with E-state index >= 15 is 0 Å². The van der Waals surface area contributed by atoms with E-state index in [1.54, 1.807) is 0 Å². The third-order valence-electron chi connectivity index (χ3n) is 8.75. The molecule has 45 heavy (non-hydrogen) atoms. The maximum atomic E-state index is 14.0. The molecule has 8 nitrogen and oxygen atoms in total. The number of amides is 2. The molecule has 4 aromatic rings. The van der Waals surface area contributed by atoms with Gasteiger partial charge in [-0.3, -0.25) is 14.6 Å². The third kappa shape index (κ3) is 8.08. The van der Waals surface area contributed by atoms with Crippen LogP contribution in [0.3, 0.4) is 0 Å². The zero-order chi connectivity index (χ0) is 31.8. The van der Waals surface area contributed by atoms with Crippen molar-refractivity contribution in [2.45, 2.75) is 56.7 Å². The van der Waals surface area contributed by atoms with Gasteiger partial charge >= 0.3 is 0 Å². The molecule has 4 aromatic carbocycles. The summed E-state index contributed by atoms with van der Waals surface area (Å²) in [5, 5.41) is 4.52. The van der Waals surface area contributed by atoms with Gasteiger partial charge in [0.1, 0.15) is 0 Å². The Labute approximate surface area is 265 Å². The molecular weight excluding hydrogens is 560 g/mol. The lowest BCUT2D eigenvalue weighted by molar-refractivity contribution is -0.147. The molecule has 0 aromatic heterocycles. The van der Waals surface area contributed by atoms with Crippen LogP contribution in [0.2, 0.25) is 0 Å². The van der Waals surface area contributed by atoms with Crippen LogP contribution in [0, 0.1) is 0 Å². The molecular formula is C37H44N6O2. The van der Waals surface area contributed by atoms with Crippen molar-refractivity contribution in [1.82, 2.24) is 9.80 Å². The molecule has 8 heteroatoms. The minimum absolute atomic E-state index is 0.0423.